The van der Waals surface area contributed by atoms with Crippen LogP contribution in [0.25, 0.3) is 33.2 Å². The number of aromatic nitrogens is 4. The third kappa shape index (κ3) is 2.75. The van der Waals surface area contributed by atoms with Gasteiger partial charge in [-0.1, -0.05) is 30.9 Å². The van der Waals surface area contributed by atoms with Crippen LogP contribution in [0.5, 0.6) is 0 Å². The number of anilines is 1. The average Bonchev–Trinajstić information content (AvgIpc) is 3.09. The lowest BCUT2D eigenvalue weighted by Crippen LogP contribution is -2.35. The van der Waals surface area contributed by atoms with Crippen LogP contribution in [-0.4, -0.2) is 31.5 Å². The van der Waals surface area contributed by atoms with Crippen LogP contribution in [0.4, 0.5) is 5.82 Å². The van der Waals surface area contributed by atoms with Crippen molar-refractivity contribution in [3.05, 3.63) is 72.8 Å². The van der Waals surface area contributed by atoms with Gasteiger partial charge in [0.2, 0.25) is 5.91 Å². The van der Waals surface area contributed by atoms with E-state index in [4.69, 9.17) is 5.73 Å². The predicted molar refractivity (Wildman–Crippen MR) is 118 cm³/mol. The monoisotopic (exact) mass is 396 g/mol. The zero-order valence-electron chi connectivity index (χ0n) is 16.5. The molecule has 7 nitrogen and oxygen atoms in total. The van der Waals surface area contributed by atoms with Gasteiger partial charge in [-0.2, -0.15) is 0 Å². The molecule has 0 fully saturated rings. The van der Waals surface area contributed by atoms with Crippen molar-refractivity contribution in [1.82, 2.24) is 24.8 Å². The molecule has 3 heterocycles. The Hall–Kier alpha value is -4.00. The molecule has 3 N–H and O–H groups in total. The van der Waals surface area contributed by atoms with Gasteiger partial charge in [-0.25, -0.2) is 9.97 Å². The van der Waals surface area contributed by atoms with Gasteiger partial charge >= 0.3 is 0 Å². The second-order valence-corrected chi connectivity index (χ2v) is 7.38. The summed E-state index contributed by atoms with van der Waals surface area (Å²) >= 11 is 0. The Morgan fingerprint density at radius 1 is 1.30 bits per heavy atom. The summed E-state index contributed by atoms with van der Waals surface area (Å²) in [7, 11) is 0. The van der Waals surface area contributed by atoms with E-state index in [1.807, 2.05) is 37.4 Å². The molecule has 0 saturated heterocycles. The molecule has 148 valence electrons. The zero-order chi connectivity index (χ0) is 20.8. The minimum absolute atomic E-state index is 0.145. The number of hydrogen-bond acceptors (Lipinski definition) is 5. The Labute approximate surface area is 173 Å². The van der Waals surface area contributed by atoms with E-state index in [-0.39, 0.29) is 11.9 Å². The van der Waals surface area contributed by atoms with Crippen molar-refractivity contribution in [2.75, 3.05) is 5.73 Å². The summed E-state index contributed by atoms with van der Waals surface area (Å²) in [4.78, 5) is 25.2. The number of carbonyl (C=O) groups excluding carboxylic acids is 1. The number of nitrogens with zero attached hydrogens (tertiary/aromatic N) is 4. The van der Waals surface area contributed by atoms with Gasteiger partial charge in [0.1, 0.15) is 11.8 Å². The Balaban J connectivity index is 1.77. The number of allylic oxidation sites excluding steroid dienone is 1. The third-order valence-electron chi connectivity index (χ3n) is 5.47. The van der Waals surface area contributed by atoms with Crippen molar-refractivity contribution in [3.8, 4) is 5.69 Å². The molecule has 30 heavy (non-hydrogen) atoms. The van der Waals surface area contributed by atoms with Crippen molar-refractivity contribution in [3.63, 3.8) is 0 Å². The molecule has 4 aromatic rings. The summed E-state index contributed by atoms with van der Waals surface area (Å²) in [6, 6.07) is 9.93. The van der Waals surface area contributed by atoms with E-state index < -0.39 is 0 Å². The lowest BCUT2D eigenvalue weighted by Gasteiger charge is -2.22. The first-order valence-electron chi connectivity index (χ1n) is 9.67. The highest BCUT2D eigenvalue weighted by Gasteiger charge is 2.28. The summed E-state index contributed by atoms with van der Waals surface area (Å²) in [6.45, 7) is 5.56. The van der Waals surface area contributed by atoms with Crippen LogP contribution in [0.3, 0.4) is 0 Å². The van der Waals surface area contributed by atoms with Crippen LogP contribution < -0.4 is 11.1 Å². The number of rotatable bonds is 3. The molecule has 5 rings (SSSR count). The van der Waals surface area contributed by atoms with Crippen molar-refractivity contribution in [2.45, 2.75) is 19.4 Å². The maximum atomic E-state index is 11.9. The minimum Gasteiger partial charge on any atom is -0.382 e. The molecule has 1 atom stereocenters. The molecule has 1 aliphatic carbocycles. The fourth-order valence-electron chi connectivity index (χ4n) is 4.23. The molecule has 1 unspecified atom stereocenters. The number of hydrogen-bond donors (Lipinski definition) is 2. The molecule has 3 aromatic heterocycles. The quantitative estimate of drug-likeness (QED) is 0.518. The van der Waals surface area contributed by atoms with E-state index in [0.717, 1.165) is 44.5 Å². The molecule has 0 bridgehead atoms. The molecule has 0 aliphatic heterocycles. The van der Waals surface area contributed by atoms with E-state index >= 15 is 0 Å². The van der Waals surface area contributed by atoms with Crippen LogP contribution in [-0.2, 0) is 11.2 Å². The predicted octanol–water partition coefficient (Wildman–Crippen LogP) is 3.18. The SMILES string of the molecule is C=CC(=O)NC1C=C(C)c2c(c3ncnc(N)c3n2-c2cnc3ccccc3c2)C1. The van der Waals surface area contributed by atoms with E-state index in [1.54, 1.807) is 0 Å². The Morgan fingerprint density at radius 3 is 2.97 bits per heavy atom. The Kier molecular flexibility index (Phi) is 4.10. The number of nitrogen functional groups attached to an aromatic ring is 1. The summed E-state index contributed by atoms with van der Waals surface area (Å²) in [5, 5.41) is 4.00. The molecule has 7 heteroatoms. The van der Waals surface area contributed by atoms with Crippen LogP contribution >= 0.6 is 0 Å². The van der Waals surface area contributed by atoms with E-state index in [2.05, 4.69) is 43.6 Å². The van der Waals surface area contributed by atoms with Crippen molar-refractivity contribution in [1.29, 1.82) is 0 Å². The smallest absolute Gasteiger partial charge is 0.243 e. The van der Waals surface area contributed by atoms with Gasteiger partial charge in [-0.05, 0) is 30.7 Å². The van der Waals surface area contributed by atoms with Crippen LogP contribution in [0.2, 0.25) is 0 Å². The molecule has 0 saturated carbocycles. The molecular formula is C23H20N6O. The van der Waals surface area contributed by atoms with E-state index in [0.29, 0.717) is 12.2 Å². The number of fused-ring (bicyclic) bond motifs is 4. The van der Waals surface area contributed by atoms with Crippen molar-refractivity contribution < 1.29 is 4.79 Å². The van der Waals surface area contributed by atoms with Crippen molar-refractivity contribution >= 4 is 39.2 Å². The average molecular weight is 396 g/mol. The minimum atomic E-state index is -0.205. The topological polar surface area (TPSA) is 98.7 Å². The van der Waals surface area contributed by atoms with E-state index in [9.17, 15) is 4.79 Å². The van der Waals surface area contributed by atoms with Crippen LogP contribution in [0.15, 0.2) is 61.6 Å². The first-order valence-corrected chi connectivity index (χ1v) is 9.67. The lowest BCUT2D eigenvalue weighted by atomic mass is 9.93. The summed E-state index contributed by atoms with van der Waals surface area (Å²) in [5.41, 5.74) is 12.7. The molecular weight excluding hydrogens is 376 g/mol. The highest BCUT2D eigenvalue weighted by atomic mass is 16.1. The number of nitrogens with one attached hydrogen (secondary N) is 1. The fourth-order valence-corrected chi connectivity index (χ4v) is 4.23. The summed E-state index contributed by atoms with van der Waals surface area (Å²) in [6.07, 6.45) is 7.26. The standard InChI is InChI=1S/C23H20N6O/c1-3-19(30)28-15-8-13(2)21-17(10-15)20-22(23(24)27-12-26-20)29(21)16-9-14-6-4-5-7-18(14)25-11-16/h3-9,11-12,15H,1,10H2,2H3,(H,28,30)(H2,24,26,27). The fraction of sp³-hybridized carbons (Fsp3) is 0.130. The Morgan fingerprint density at radius 2 is 2.13 bits per heavy atom. The van der Waals surface area contributed by atoms with Gasteiger partial charge < -0.3 is 15.6 Å². The van der Waals surface area contributed by atoms with E-state index in [1.165, 1.54) is 12.4 Å². The first-order chi connectivity index (χ1) is 14.6. The molecule has 1 aliphatic rings. The number of para-hydroxylation sites is 1. The lowest BCUT2D eigenvalue weighted by molar-refractivity contribution is -0.116. The summed E-state index contributed by atoms with van der Waals surface area (Å²) in [5.74, 6) is 0.200. The summed E-state index contributed by atoms with van der Waals surface area (Å²) < 4.78 is 2.08. The van der Waals surface area contributed by atoms with Crippen LogP contribution in [0.1, 0.15) is 18.2 Å². The highest BCUT2D eigenvalue weighted by molar-refractivity contribution is 5.96. The number of pyridine rings is 1. The van der Waals surface area contributed by atoms with Crippen LogP contribution in [0, 0.1) is 0 Å². The maximum absolute atomic E-state index is 11.9. The molecule has 0 radical (unpaired) electrons. The zero-order valence-corrected chi connectivity index (χ0v) is 16.5. The van der Waals surface area contributed by atoms with Gasteiger partial charge in [0, 0.05) is 17.4 Å². The Bertz CT molecular complexity index is 1370. The van der Waals surface area contributed by atoms with Gasteiger partial charge in [0.25, 0.3) is 0 Å². The molecule has 0 spiro atoms. The van der Waals surface area contributed by atoms with Gasteiger partial charge in [0.15, 0.2) is 5.82 Å². The number of carbonyl (C=O) groups is 1. The normalized spacial score (nSPS) is 15.6. The number of benzene rings is 1. The maximum Gasteiger partial charge on any atom is 0.243 e. The first kappa shape index (κ1) is 18.1. The van der Waals surface area contributed by atoms with Crippen molar-refractivity contribution in [2.24, 2.45) is 0 Å². The number of nitrogens with two attached hydrogens (primary N) is 1. The van der Waals surface area contributed by atoms with Gasteiger partial charge in [0.05, 0.1) is 34.7 Å². The third-order valence-corrected chi connectivity index (χ3v) is 5.47. The highest BCUT2D eigenvalue weighted by Crippen LogP contribution is 2.38. The number of amides is 1. The molecule has 1 aromatic carbocycles. The van der Waals surface area contributed by atoms with Gasteiger partial charge in [-0.3, -0.25) is 9.78 Å². The molecule has 1 amide bonds. The second kappa shape index (κ2) is 6.81. The van der Waals surface area contributed by atoms with Gasteiger partial charge in [-0.15, -0.1) is 0 Å². The second-order valence-electron chi connectivity index (χ2n) is 7.38. The largest absolute Gasteiger partial charge is 0.382 e.